The van der Waals surface area contributed by atoms with Gasteiger partial charge in [0.25, 0.3) is 0 Å². The third kappa shape index (κ3) is 4.21. The van der Waals surface area contributed by atoms with Crippen molar-refractivity contribution in [2.45, 2.75) is 34.2 Å². The number of hydrogen-bond donors (Lipinski definition) is 0. The zero-order valence-corrected chi connectivity index (χ0v) is 18.1. The van der Waals surface area contributed by atoms with Gasteiger partial charge in [-0.2, -0.15) is 5.10 Å². The molecule has 7 heteroatoms. The Labute approximate surface area is 176 Å². The molecular weight excluding hydrogens is 382 g/mol. The van der Waals surface area contributed by atoms with E-state index in [1.807, 2.05) is 61.7 Å². The van der Waals surface area contributed by atoms with Crippen molar-refractivity contribution in [3.05, 3.63) is 70.3 Å². The molecule has 0 atom stereocenters. The number of esters is 1. The Hall–Kier alpha value is -3.19. The molecule has 0 bridgehead atoms. The molecule has 0 fully saturated rings. The minimum absolute atomic E-state index is 0.231. The predicted molar refractivity (Wildman–Crippen MR) is 113 cm³/mol. The zero-order valence-electron chi connectivity index (χ0n) is 18.1. The van der Waals surface area contributed by atoms with E-state index in [1.165, 1.54) is 0 Å². The number of para-hydroxylation sites is 1. The highest BCUT2D eigenvalue weighted by Crippen LogP contribution is 2.20. The number of Topliss-reactive ketones (excluding diaryl/α,β-unsaturated/α-hetero) is 1. The van der Waals surface area contributed by atoms with Gasteiger partial charge in [0.1, 0.15) is 5.56 Å². The van der Waals surface area contributed by atoms with Gasteiger partial charge in [-0.3, -0.25) is 4.79 Å². The maximum atomic E-state index is 12.7. The van der Waals surface area contributed by atoms with E-state index in [2.05, 4.69) is 5.10 Å². The van der Waals surface area contributed by atoms with Crippen molar-refractivity contribution in [2.75, 3.05) is 20.3 Å². The Bertz CT molecular complexity index is 1060. The molecule has 158 valence electrons. The van der Waals surface area contributed by atoms with E-state index >= 15 is 0 Å². The highest BCUT2D eigenvalue weighted by molar-refractivity contribution is 6.00. The highest BCUT2D eigenvalue weighted by atomic mass is 16.5. The third-order valence-corrected chi connectivity index (χ3v) is 5.22. The summed E-state index contributed by atoms with van der Waals surface area (Å²) >= 11 is 0. The molecule has 30 heavy (non-hydrogen) atoms. The normalized spacial score (nSPS) is 11.0. The van der Waals surface area contributed by atoms with Gasteiger partial charge in [0, 0.05) is 30.6 Å². The number of carbonyl (C=O) groups is 2. The molecule has 3 aromatic rings. The number of nitrogens with zero attached hydrogens (tertiary/aromatic N) is 3. The van der Waals surface area contributed by atoms with Gasteiger partial charge in [-0.05, 0) is 45.9 Å². The second-order valence-corrected chi connectivity index (χ2v) is 7.22. The zero-order chi connectivity index (χ0) is 21.8. The summed E-state index contributed by atoms with van der Waals surface area (Å²) in [4.78, 5) is 25.4. The van der Waals surface area contributed by atoms with E-state index in [9.17, 15) is 9.59 Å². The number of benzene rings is 1. The number of ketones is 1. The minimum atomic E-state index is -0.547. The average Bonchev–Trinajstić information content (AvgIpc) is 3.19. The number of aromatic nitrogens is 3. The molecule has 0 radical (unpaired) electrons. The molecule has 0 spiro atoms. The number of methoxy groups -OCH3 is 1. The molecule has 0 saturated carbocycles. The van der Waals surface area contributed by atoms with Gasteiger partial charge >= 0.3 is 5.97 Å². The standard InChI is InChI=1S/C23H27N3O4/c1-15-13-20(17(3)25(15)11-12-29-5)21(27)14-30-23(28)22-16(2)24-26(18(22)4)19-9-7-6-8-10-19/h6-10,13H,11-12,14H2,1-5H3. The van der Waals surface area contributed by atoms with E-state index in [0.29, 0.717) is 35.7 Å². The van der Waals surface area contributed by atoms with Crippen LogP contribution in [0.4, 0.5) is 0 Å². The second-order valence-electron chi connectivity index (χ2n) is 7.22. The SMILES string of the molecule is COCCn1c(C)cc(C(=O)COC(=O)c2c(C)nn(-c3ccccc3)c2C)c1C. The lowest BCUT2D eigenvalue weighted by Gasteiger charge is -2.09. The fourth-order valence-electron chi connectivity index (χ4n) is 3.65. The lowest BCUT2D eigenvalue weighted by Crippen LogP contribution is -2.16. The Morgan fingerprint density at radius 3 is 2.40 bits per heavy atom. The molecule has 0 unspecified atom stereocenters. The number of hydrogen-bond acceptors (Lipinski definition) is 5. The van der Waals surface area contributed by atoms with Crippen LogP contribution in [0.5, 0.6) is 0 Å². The minimum Gasteiger partial charge on any atom is -0.454 e. The van der Waals surface area contributed by atoms with Crippen LogP contribution >= 0.6 is 0 Å². The largest absolute Gasteiger partial charge is 0.454 e. The van der Waals surface area contributed by atoms with Crippen molar-refractivity contribution in [3.8, 4) is 5.69 Å². The molecule has 7 nitrogen and oxygen atoms in total. The Balaban J connectivity index is 1.74. The van der Waals surface area contributed by atoms with Crippen LogP contribution < -0.4 is 0 Å². The van der Waals surface area contributed by atoms with Crippen molar-refractivity contribution < 1.29 is 19.1 Å². The van der Waals surface area contributed by atoms with Crippen LogP contribution in [0.15, 0.2) is 36.4 Å². The molecule has 3 rings (SSSR count). The van der Waals surface area contributed by atoms with Crippen molar-refractivity contribution >= 4 is 11.8 Å². The summed E-state index contributed by atoms with van der Waals surface area (Å²) in [6.45, 7) is 8.30. The van der Waals surface area contributed by atoms with Crippen molar-refractivity contribution in [2.24, 2.45) is 0 Å². The van der Waals surface area contributed by atoms with E-state index in [4.69, 9.17) is 9.47 Å². The molecule has 0 aliphatic carbocycles. The van der Waals surface area contributed by atoms with Crippen LogP contribution in [0, 0.1) is 27.7 Å². The number of aryl methyl sites for hydroxylation is 2. The summed E-state index contributed by atoms with van der Waals surface area (Å²) < 4.78 is 14.2. The summed E-state index contributed by atoms with van der Waals surface area (Å²) in [6.07, 6.45) is 0. The average molecular weight is 409 g/mol. The number of rotatable bonds is 8. The highest BCUT2D eigenvalue weighted by Gasteiger charge is 2.23. The first-order chi connectivity index (χ1) is 14.3. The predicted octanol–water partition coefficient (Wildman–Crippen LogP) is 3.59. The van der Waals surface area contributed by atoms with E-state index in [-0.39, 0.29) is 12.4 Å². The second kappa shape index (κ2) is 9.09. The monoisotopic (exact) mass is 409 g/mol. The Morgan fingerprint density at radius 1 is 1.03 bits per heavy atom. The first-order valence-electron chi connectivity index (χ1n) is 9.82. The van der Waals surface area contributed by atoms with Gasteiger partial charge < -0.3 is 14.0 Å². The molecular formula is C23H27N3O4. The lowest BCUT2D eigenvalue weighted by atomic mass is 10.1. The van der Waals surface area contributed by atoms with Gasteiger partial charge in [0.2, 0.25) is 5.78 Å². The Morgan fingerprint density at radius 2 is 1.73 bits per heavy atom. The molecule has 0 aliphatic heterocycles. The van der Waals surface area contributed by atoms with Crippen LogP contribution in [0.3, 0.4) is 0 Å². The van der Waals surface area contributed by atoms with Gasteiger partial charge in [0.15, 0.2) is 6.61 Å². The van der Waals surface area contributed by atoms with Crippen molar-refractivity contribution in [3.63, 3.8) is 0 Å². The van der Waals surface area contributed by atoms with E-state index in [0.717, 1.165) is 17.1 Å². The fourth-order valence-corrected chi connectivity index (χ4v) is 3.65. The summed E-state index contributed by atoms with van der Waals surface area (Å²) in [5.74, 6) is -0.778. The van der Waals surface area contributed by atoms with Crippen LogP contribution in [-0.4, -0.2) is 46.4 Å². The smallest absolute Gasteiger partial charge is 0.342 e. The van der Waals surface area contributed by atoms with Crippen LogP contribution in [-0.2, 0) is 16.0 Å². The summed E-state index contributed by atoms with van der Waals surface area (Å²) in [6, 6.07) is 11.4. The molecule has 0 amide bonds. The van der Waals surface area contributed by atoms with Crippen LogP contribution in [0.2, 0.25) is 0 Å². The topological polar surface area (TPSA) is 75.3 Å². The van der Waals surface area contributed by atoms with Gasteiger partial charge in [0.05, 0.1) is 23.7 Å². The summed E-state index contributed by atoms with van der Waals surface area (Å²) in [5, 5.41) is 4.46. The quantitative estimate of drug-likeness (QED) is 0.420. The van der Waals surface area contributed by atoms with Gasteiger partial charge in [-0.25, -0.2) is 9.48 Å². The van der Waals surface area contributed by atoms with Gasteiger partial charge in [-0.15, -0.1) is 0 Å². The molecule has 2 heterocycles. The van der Waals surface area contributed by atoms with Crippen LogP contribution in [0.25, 0.3) is 5.69 Å². The molecule has 0 N–H and O–H groups in total. The first-order valence-corrected chi connectivity index (χ1v) is 9.82. The number of ether oxygens (including phenoxy) is 2. The Kier molecular flexibility index (Phi) is 6.52. The van der Waals surface area contributed by atoms with Crippen molar-refractivity contribution in [1.29, 1.82) is 0 Å². The first kappa shape index (κ1) is 21.5. The number of carbonyl (C=O) groups excluding carboxylic acids is 2. The third-order valence-electron chi connectivity index (χ3n) is 5.22. The fraction of sp³-hybridized carbons (Fsp3) is 0.348. The maximum Gasteiger partial charge on any atom is 0.342 e. The van der Waals surface area contributed by atoms with E-state index in [1.54, 1.807) is 18.7 Å². The van der Waals surface area contributed by atoms with Crippen molar-refractivity contribution in [1.82, 2.24) is 14.3 Å². The maximum absolute atomic E-state index is 12.7. The lowest BCUT2D eigenvalue weighted by molar-refractivity contribution is 0.0473. The van der Waals surface area contributed by atoms with Crippen LogP contribution in [0.1, 0.15) is 43.5 Å². The summed E-state index contributed by atoms with van der Waals surface area (Å²) in [5.41, 5.74) is 4.85. The summed E-state index contributed by atoms with van der Waals surface area (Å²) in [7, 11) is 1.64. The van der Waals surface area contributed by atoms with E-state index < -0.39 is 5.97 Å². The molecule has 1 aromatic carbocycles. The molecule has 2 aromatic heterocycles. The molecule has 0 saturated heterocycles. The molecule has 0 aliphatic rings. The van der Waals surface area contributed by atoms with Gasteiger partial charge in [-0.1, -0.05) is 18.2 Å².